The molecule has 1 aromatic carbocycles. The first-order chi connectivity index (χ1) is 8.29. The molecule has 17 heavy (non-hydrogen) atoms. The van der Waals surface area contributed by atoms with E-state index < -0.39 is 0 Å². The molecule has 1 unspecified atom stereocenters. The third-order valence-corrected chi connectivity index (χ3v) is 3.55. The van der Waals surface area contributed by atoms with Crippen molar-refractivity contribution in [3.63, 3.8) is 0 Å². The molecule has 0 aliphatic carbocycles. The van der Waals surface area contributed by atoms with Gasteiger partial charge in [-0.1, -0.05) is 24.8 Å². The van der Waals surface area contributed by atoms with Crippen LogP contribution < -0.4 is 0 Å². The second-order valence-electron chi connectivity index (χ2n) is 4.57. The van der Waals surface area contributed by atoms with Crippen LogP contribution in [0.3, 0.4) is 0 Å². The van der Waals surface area contributed by atoms with Crippen molar-refractivity contribution < 1.29 is 9.53 Å². The predicted octanol–water partition coefficient (Wildman–Crippen LogP) is 2.07. The van der Waals surface area contributed by atoms with Gasteiger partial charge in [0.25, 0.3) is 5.91 Å². The number of benzene rings is 1. The van der Waals surface area contributed by atoms with E-state index in [-0.39, 0.29) is 11.9 Å². The van der Waals surface area contributed by atoms with Crippen LogP contribution in [-0.4, -0.2) is 30.1 Å². The zero-order valence-electron chi connectivity index (χ0n) is 9.69. The number of nitrogens with zero attached hydrogens (tertiary/aromatic N) is 1. The van der Waals surface area contributed by atoms with E-state index in [1.165, 1.54) is 0 Å². The van der Waals surface area contributed by atoms with E-state index in [0.29, 0.717) is 6.61 Å². The Bertz CT molecular complexity index is 475. The Kier molecular flexibility index (Phi) is 2.48. The average Bonchev–Trinajstić information content (AvgIpc) is 2.97. The van der Waals surface area contributed by atoms with Crippen molar-refractivity contribution in [3.8, 4) is 0 Å². The summed E-state index contributed by atoms with van der Waals surface area (Å²) in [6, 6.07) is 6.22. The Balaban J connectivity index is 1.91. The molecule has 3 rings (SSSR count). The molecule has 0 radical (unpaired) electrons. The molecule has 1 aromatic rings. The van der Waals surface area contributed by atoms with Gasteiger partial charge in [-0.25, -0.2) is 0 Å². The Labute approximate surface area is 101 Å². The molecule has 1 fully saturated rings. The van der Waals surface area contributed by atoms with Crippen molar-refractivity contribution >= 4 is 12.0 Å². The molecule has 3 nitrogen and oxygen atoms in total. The molecule has 0 N–H and O–H groups in total. The van der Waals surface area contributed by atoms with Crippen molar-refractivity contribution in [3.05, 3.63) is 41.5 Å². The lowest BCUT2D eigenvalue weighted by Crippen LogP contribution is -2.35. The fourth-order valence-corrected chi connectivity index (χ4v) is 2.53. The first-order valence-electron chi connectivity index (χ1n) is 5.93. The highest BCUT2D eigenvalue weighted by atomic mass is 16.5. The molecule has 0 spiro atoms. The quantitative estimate of drug-likeness (QED) is 0.777. The SMILES string of the molecule is C=Cc1ccc2c(c1)C(=O)N(C1CCOC1)C2. The number of hydrogen-bond acceptors (Lipinski definition) is 2. The van der Waals surface area contributed by atoms with Gasteiger partial charge < -0.3 is 9.64 Å². The lowest BCUT2D eigenvalue weighted by Gasteiger charge is -2.21. The molecule has 1 atom stereocenters. The summed E-state index contributed by atoms with van der Waals surface area (Å²) < 4.78 is 5.35. The fraction of sp³-hybridized carbons (Fsp3) is 0.357. The van der Waals surface area contributed by atoms with Crippen LogP contribution in [0, 0.1) is 0 Å². The van der Waals surface area contributed by atoms with Gasteiger partial charge in [-0.15, -0.1) is 0 Å². The zero-order chi connectivity index (χ0) is 11.8. The Morgan fingerprint density at radius 3 is 3.06 bits per heavy atom. The fourth-order valence-electron chi connectivity index (χ4n) is 2.53. The summed E-state index contributed by atoms with van der Waals surface area (Å²) in [6.45, 7) is 5.90. The topological polar surface area (TPSA) is 29.5 Å². The van der Waals surface area contributed by atoms with Gasteiger partial charge in [0, 0.05) is 18.7 Å². The van der Waals surface area contributed by atoms with E-state index >= 15 is 0 Å². The largest absolute Gasteiger partial charge is 0.379 e. The molecule has 0 saturated carbocycles. The van der Waals surface area contributed by atoms with Gasteiger partial charge in [0.1, 0.15) is 0 Å². The minimum atomic E-state index is 0.138. The first-order valence-corrected chi connectivity index (χ1v) is 5.93. The first kappa shape index (κ1) is 10.5. The highest BCUT2D eigenvalue weighted by Crippen LogP contribution is 2.28. The van der Waals surface area contributed by atoms with Crippen molar-refractivity contribution in [1.29, 1.82) is 0 Å². The summed E-state index contributed by atoms with van der Waals surface area (Å²) in [7, 11) is 0. The molecule has 1 amide bonds. The van der Waals surface area contributed by atoms with Crippen LogP contribution in [-0.2, 0) is 11.3 Å². The molecule has 1 saturated heterocycles. The highest BCUT2D eigenvalue weighted by molar-refractivity contribution is 5.99. The van der Waals surface area contributed by atoms with Crippen LogP contribution in [0.2, 0.25) is 0 Å². The van der Waals surface area contributed by atoms with E-state index in [1.54, 1.807) is 6.08 Å². The summed E-state index contributed by atoms with van der Waals surface area (Å²) >= 11 is 0. The Hall–Kier alpha value is -1.61. The summed E-state index contributed by atoms with van der Waals surface area (Å²) in [5, 5.41) is 0. The molecular formula is C14H15NO2. The molecule has 2 aliphatic rings. The van der Waals surface area contributed by atoms with Gasteiger partial charge in [-0.2, -0.15) is 0 Å². The van der Waals surface area contributed by atoms with Gasteiger partial charge in [-0.05, 0) is 23.6 Å². The molecule has 2 aliphatic heterocycles. The molecule has 3 heteroatoms. The smallest absolute Gasteiger partial charge is 0.254 e. The Morgan fingerprint density at radius 2 is 2.35 bits per heavy atom. The lowest BCUT2D eigenvalue weighted by atomic mass is 10.1. The van der Waals surface area contributed by atoms with Crippen molar-refractivity contribution in [2.45, 2.75) is 19.0 Å². The third kappa shape index (κ3) is 1.67. The number of fused-ring (bicyclic) bond motifs is 1. The van der Waals surface area contributed by atoms with Crippen molar-refractivity contribution in [1.82, 2.24) is 4.90 Å². The number of carbonyl (C=O) groups is 1. The van der Waals surface area contributed by atoms with Gasteiger partial charge in [-0.3, -0.25) is 4.79 Å². The van der Waals surface area contributed by atoms with E-state index in [9.17, 15) is 4.79 Å². The van der Waals surface area contributed by atoms with Crippen LogP contribution >= 0.6 is 0 Å². The maximum Gasteiger partial charge on any atom is 0.254 e. The molecule has 0 bridgehead atoms. The van der Waals surface area contributed by atoms with Crippen molar-refractivity contribution in [2.24, 2.45) is 0 Å². The average molecular weight is 229 g/mol. The minimum Gasteiger partial charge on any atom is -0.379 e. The minimum absolute atomic E-state index is 0.138. The number of ether oxygens (including phenoxy) is 1. The molecule has 2 heterocycles. The predicted molar refractivity (Wildman–Crippen MR) is 65.6 cm³/mol. The highest BCUT2D eigenvalue weighted by Gasteiger charge is 2.34. The van der Waals surface area contributed by atoms with Gasteiger partial charge in [0.2, 0.25) is 0 Å². The van der Waals surface area contributed by atoms with Crippen LogP contribution in [0.5, 0.6) is 0 Å². The lowest BCUT2D eigenvalue weighted by molar-refractivity contribution is 0.0679. The maximum atomic E-state index is 12.3. The summed E-state index contributed by atoms with van der Waals surface area (Å²) in [5.74, 6) is 0.138. The van der Waals surface area contributed by atoms with E-state index in [1.807, 2.05) is 23.1 Å². The molecule has 0 aromatic heterocycles. The maximum absolute atomic E-state index is 12.3. The summed E-state index contributed by atoms with van der Waals surface area (Å²) in [5.41, 5.74) is 2.95. The molecule has 88 valence electrons. The number of hydrogen-bond donors (Lipinski definition) is 0. The van der Waals surface area contributed by atoms with Gasteiger partial charge in [0.15, 0.2) is 0 Å². The third-order valence-electron chi connectivity index (χ3n) is 3.55. The second-order valence-corrected chi connectivity index (χ2v) is 4.57. The van der Waals surface area contributed by atoms with E-state index in [4.69, 9.17) is 4.74 Å². The molecular weight excluding hydrogens is 214 g/mol. The van der Waals surface area contributed by atoms with Crippen molar-refractivity contribution in [2.75, 3.05) is 13.2 Å². The monoisotopic (exact) mass is 229 g/mol. The van der Waals surface area contributed by atoms with Gasteiger partial charge in [0.05, 0.1) is 12.6 Å². The van der Waals surface area contributed by atoms with Crippen LogP contribution in [0.25, 0.3) is 6.08 Å². The van der Waals surface area contributed by atoms with Gasteiger partial charge >= 0.3 is 0 Å². The number of amides is 1. The van der Waals surface area contributed by atoms with Crippen LogP contribution in [0.4, 0.5) is 0 Å². The summed E-state index contributed by atoms with van der Waals surface area (Å²) in [6.07, 6.45) is 2.73. The van der Waals surface area contributed by atoms with Crippen LogP contribution in [0.15, 0.2) is 24.8 Å². The second kappa shape index (κ2) is 4.00. The zero-order valence-corrected chi connectivity index (χ0v) is 9.69. The van der Waals surface area contributed by atoms with E-state index in [0.717, 1.165) is 36.3 Å². The number of rotatable bonds is 2. The van der Waals surface area contributed by atoms with Crippen LogP contribution in [0.1, 0.15) is 27.9 Å². The summed E-state index contributed by atoms with van der Waals surface area (Å²) in [4.78, 5) is 14.2. The van der Waals surface area contributed by atoms with E-state index in [2.05, 4.69) is 6.58 Å². The standard InChI is InChI=1S/C14H15NO2/c1-2-10-3-4-11-8-15(12-5-6-17-9-12)14(16)13(11)7-10/h2-4,7,12H,1,5-6,8-9H2. The Morgan fingerprint density at radius 1 is 1.47 bits per heavy atom. The number of carbonyl (C=O) groups excluding carboxylic acids is 1. The normalized spacial score (nSPS) is 22.9.